The van der Waals surface area contributed by atoms with Crippen LogP contribution in [0.15, 0.2) is 49.1 Å². The number of hydrogen-bond donors (Lipinski definition) is 3. The molecule has 0 unspecified atom stereocenters. The minimum absolute atomic E-state index is 0.364. The van der Waals surface area contributed by atoms with Gasteiger partial charge in [0.05, 0.1) is 17.0 Å². The number of ether oxygens (including phenoxy) is 1. The van der Waals surface area contributed by atoms with Gasteiger partial charge in [0.25, 0.3) is 0 Å². The van der Waals surface area contributed by atoms with Crippen molar-refractivity contribution in [1.82, 2.24) is 19.5 Å². The van der Waals surface area contributed by atoms with Gasteiger partial charge in [0.2, 0.25) is 0 Å². The topological polar surface area (TPSA) is 119 Å². The maximum atomic E-state index is 10.6. The van der Waals surface area contributed by atoms with E-state index in [0.717, 1.165) is 22.0 Å². The number of fused-ring (bicyclic) bond motifs is 2. The molecule has 0 saturated carbocycles. The van der Waals surface area contributed by atoms with Crippen LogP contribution in [-0.4, -0.2) is 48.0 Å². The zero-order chi connectivity index (χ0) is 20.8. The van der Waals surface area contributed by atoms with Crippen LogP contribution in [0.25, 0.3) is 21.9 Å². The molecule has 154 valence electrons. The molecule has 4 N–H and O–H groups in total. The van der Waals surface area contributed by atoms with Gasteiger partial charge in [-0.3, -0.25) is 4.98 Å². The molecule has 1 aromatic carbocycles. The van der Waals surface area contributed by atoms with Crippen molar-refractivity contribution in [2.24, 2.45) is 0 Å². The van der Waals surface area contributed by atoms with Gasteiger partial charge in [-0.2, -0.15) is 0 Å². The first-order valence-corrected chi connectivity index (χ1v) is 9.95. The average Bonchev–Trinajstić information content (AvgIpc) is 3.29. The summed E-state index contributed by atoms with van der Waals surface area (Å²) in [7, 11) is 0. The second-order valence-corrected chi connectivity index (χ2v) is 7.84. The molecule has 30 heavy (non-hydrogen) atoms. The first-order valence-electron chi connectivity index (χ1n) is 9.95. The van der Waals surface area contributed by atoms with Gasteiger partial charge in [-0.15, -0.1) is 0 Å². The summed E-state index contributed by atoms with van der Waals surface area (Å²) in [5, 5.41) is 23.0. The van der Waals surface area contributed by atoms with E-state index >= 15 is 0 Å². The monoisotopic (exact) mass is 405 g/mol. The van der Waals surface area contributed by atoms with Gasteiger partial charge in [0, 0.05) is 17.8 Å². The summed E-state index contributed by atoms with van der Waals surface area (Å²) in [6.45, 7) is 2.02. The molecule has 0 radical (unpaired) electrons. The number of aliphatic hydroxyl groups is 2. The van der Waals surface area contributed by atoms with Crippen LogP contribution in [0.1, 0.15) is 23.8 Å². The number of aliphatic hydroxyl groups excluding tert-OH is 2. The number of anilines is 1. The van der Waals surface area contributed by atoms with Crippen molar-refractivity contribution in [1.29, 1.82) is 0 Å². The molecule has 1 aliphatic rings. The van der Waals surface area contributed by atoms with E-state index in [2.05, 4.69) is 39.2 Å². The summed E-state index contributed by atoms with van der Waals surface area (Å²) < 4.78 is 7.75. The van der Waals surface area contributed by atoms with E-state index in [0.29, 0.717) is 29.7 Å². The Balaban J connectivity index is 1.33. The molecule has 4 heterocycles. The first kappa shape index (κ1) is 18.9. The summed E-state index contributed by atoms with van der Waals surface area (Å²) in [5.74, 6) is 0.364. The van der Waals surface area contributed by atoms with Gasteiger partial charge in [0.15, 0.2) is 6.23 Å². The molecular formula is C22H23N5O3. The van der Waals surface area contributed by atoms with Gasteiger partial charge in [-0.25, -0.2) is 9.97 Å². The van der Waals surface area contributed by atoms with Crippen molar-refractivity contribution in [2.75, 3.05) is 5.73 Å². The largest absolute Gasteiger partial charge is 0.388 e. The molecular weight excluding hydrogens is 382 g/mol. The average molecular weight is 405 g/mol. The van der Waals surface area contributed by atoms with E-state index in [1.165, 1.54) is 6.33 Å². The number of nitrogens with zero attached hydrogens (tertiary/aromatic N) is 4. The van der Waals surface area contributed by atoms with E-state index < -0.39 is 24.5 Å². The Bertz CT molecular complexity index is 1220. The molecule has 5 rings (SSSR count). The number of nitrogens with two attached hydrogens (primary N) is 1. The van der Waals surface area contributed by atoms with E-state index in [9.17, 15) is 10.2 Å². The SMILES string of the molecule is Cc1cnc2cc(CC[C@H]3O[C@@H](n4ccc5c(N)ncnc54)[C@H](O)[C@@H]3O)ccc2c1. The van der Waals surface area contributed by atoms with Gasteiger partial charge < -0.3 is 25.3 Å². The zero-order valence-corrected chi connectivity index (χ0v) is 16.5. The lowest BCUT2D eigenvalue weighted by Crippen LogP contribution is -2.31. The predicted molar refractivity (Wildman–Crippen MR) is 113 cm³/mol. The highest BCUT2D eigenvalue weighted by Crippen LogP contribution is 2.34. The minimum atomic E-state index is -1.07. The lowest BCUT2D eigenvalue weighted by Gasteiger charge is -2.17. The van der Waals surface area contributed by atoms with Crippen LogP contribution in [-0.2, 0) is 11.2 Å². The number of aryl methyl sites for hydroxylation is 2. The number of aromatic nitrogens is 4. The Hall–Kier alpha value is -3.07. The number of hydrogen-bond acceptors (Lipinski definition) is 7. The van der Waals surface area contributed by atoms with Crippen molar-refractivity contribution in [3.63, 3.8) is 0 Å². The molecule has 4 atom stereocenters. The van der Waals surface area contributed by atoms with Crippen molar-refractivity contribution in [2.45, 2.75) is 44.3 Å². The minimum Gasteiger partial charge on any atom is -0.388 e. The Kier molecular flexibility index (Phi) is 4.62. The van der Waals surface area contributed by atoms with Crippen LogP contribution in [0.2, 0.25) is 0 Å². The summed E-state index contributed by atoms with van der Waals surface area (Å²) in [5.41, 5.74) is 9.64. The van der Waals surface area contributed by atoms with Gasteiger partial charge in [-0.1, -0.05) is 12.1 Å². The molecule has 1 aliphatic heterocycles. The standard InChI is InChI=1S/C22H23N5O3/c1-12-8-14-4-2-13(9-16(14)24-10-12)3-5-17-18(28)19(29)22(30-17)27-7-6-15-20(23)25-11-26-21(15)27/h2,4,6-11,17-19,22,28-29H,3,5H2,1H3,(H2,23,25,26)/t17-,18-,19-,22-/m1/s1. The van der Waals surface area contributed by atoms with Crippen LogP contribution in [0.3, 0.4) is 0 Å². The summed E-state index contributed by atoms with van der Waals surface area (Å²) in [4.78, 5) is 12.7. The van der Waals surface area contributed by atoms with Crippen LogP contribution >= 0.6 is 0 Å². The predicted octanol–water partition coefficient (Wildman–Crippen LogP) is 2.12. The molecule has 8 nitrogen and oxygen atoms in total. The highest BCUT2D eigenvalue weighted by Gasteiger charge is 2.43. The third-order valence-corrected chi connectivity index (χ3v) is 5.75. The maximum absolute atomic E-state index is 10.6. The Labute approximate surface area is 173 Å². The number of rotatable bonds is 4. The van der Waals surface area contributed by atoms with Gasteiger partial charge in [-0.05, 0) is 49.1 Å². The van der Waals surface area contributed by atoms with Gasteiger partial charge in [0.1, 0.15) is 30.0 Å². The second-order valence-electron chi connectivity index (χ2n) is 7.84. The number of pyridine rings is 1. The molecule has 4 aromatic rings. The third kappa shape index (κ3) is 3.19. The summed E-state index contributed by atoms with van der Waals surface area (Å²) in [6, 6.07) is 10.1. The third-order valence-electron chi connectivity index (χ3n) is 5.75. The lowest BCUT2D eigenvalue weighted by molar-refractivity contribution is -0.0364. The van der Waals surface area contributed by atoms with Gasteiger partial charge >= 0.3 is 0 Å². The molecule has 0 aliphatic carbocycles. The quantitative estimate of drug-likeness (QED) is 0.476. The molecule has 3 aromatic heterocycles. The smallest absolute Gasteiger partial charge is 0.164 e. The summed E-state index contributed by atoms with van der Waals surface area (Å²) in [6.07, 6.45) is 2.96. The summed E-state index contributed by atoms with van der Waals surface area (Å²) >= 11 is 0. The van der Waals surface area contributed by atoms with Crippen molar-refractivity contribution in [3.8, 4) is 0 Å². The maximum Gasteiger partial charge on any atom is 0.164 e. The van der Waals surface area contributed by atoms with Crippen molar-refractivity contribution < 1.29 is 14.9 Å². The van der Waals surface area contributed by atoms with Crippen LogP contribution in [0.4, 0.5) is 5.82 Å². The number of benzene rings is 1. The Morgan fingerprint density at radius 1 is 1.10 bits per heavy atom. The fraction of sp³-hybridized carbons (Fsp3) is 0.318. The van der Waals surface area contributed by atoms with Crippen molar-refractivity contribution in [3.05, 3.63) is 60.2 Å². The highest BCUT2D eigenvalue weighted by molar-refractivity contribution is 5.86. The molecule has 1 fully saturated rings. The molecule has 0 bridgehead atoms. The van der Waals surface area contributed by atoms with E-state index in [1.54, 1.807) is 16.8 Å². The van der Waals surface area contributed by atoms with Crippen LogP contribution in [0, 0.1) is 6.92 Å². The lowest BCUT2D eigenvalue weighted by atomic mass is 10.0. The fourth-order valence-electron chi connectivity index (χ4n) is 4.13. The van der Waals surface area contributed by atoms with Crippen molar-refractivity contribution >= 4 is 27.8 Å². The molecule has 8 heteroatoms. The van der Waals surface area contributed by atoms with E-state index in [1.807, 2.05) is 13.1 Å². The fourth-order valence-corrected chi connectivity index (χ4v) is 4.13. The second kappa shape index (κ2) is 7.32. The normalized spacial score (nSPS) is 24.1. The Morgan fingerprint density at radius 3 is 2.83 bits per heavy atom. The number of nitrogen functional groups attached to an aromatic ring is 1. The zero-order valence-electron chi connectivity index (χ0n) is 16.5. The van der Waals surface area contributed by atoms with Crippen LogP contribution in [0.5, 0.6) is 0 Å². The van der Waals surface area contributed by atoms with E-state index in [-0.39, 0.29) is 0 Å². The highest BCUT2D eigenvalue weighted by atomic mass is 16.6. The molecule has 1 saturated heterocycles. The Morgan fingerprint density at radius 2 is 1.97 bits per heavy atom. The van der Waals surface area contributed by atoms with E-state index in [4.69, 9.17) is 10.5 Å². The molecule has 0 amide bonds. The van der Waals surface area contributed by atoms with Crippen LogP contribution < -0.4 is 5.73 Å². The molecule has 0 spiro atoms. The first-order chi connectivity index (χ1) is 14.5.